The third kappa shape index (κ3) is 2.92. The van der Waals surface area contributed by atoms with E-state index in [9.17, 15) is 9.59 Å². The van der Waals surface area contributed by atoms with Gasteiger partial charge in [-0.15, -0.1) is 0 Å². The third-order valence-corrected chi connectivity index (χ3v) is 3.69. The highest BCUT2D eigenvalue weighted by atomic mass is 16.5. The van der Waals surface area contributed by atoms with E-state index >= 15 is 0 Å². The Morgan fingerprint density at radius 1 is 1.40 bits per heavy atom. The van der Waals surface area contributed by atoms with Crippen LogP contribution in [-0.4, -0.2) is 54.9 Å². The van der Waals surface area contributed by atoms with Gasteiger partial charge in [-0.25, -0.2) is 0 Å². The maximum atomic E-state index is 12.3. The van der Waals surface area contributed by atoms with E-state index in [1.807, 2.05) is 24.3 Å². The maximum absolute atomic E-state index is 12.3. The molecule has 1 heterocycles. The number of likely N-dealkylation sites (N-methyl/N-ethyl adjacent to an activating group) is 1. The zero-order chi connectivity index (χ0) is 14.7. The first-order valence-corrected chi connectivity index (χ1v) is 6.70. The number of amides is 2. The van der Waals surface area contributed by atoms with Gasteiger partial charge in [-0.1, -0.05) is 12.1 Å². The minimum atomic E-state index is -0.383. The number of hydrogen-bond acceptors (Lipinski definition) is 3. The van der Waals surface area contributed by atoms with Gasteiger partial charge in [0.25, 0.3) is 0 Å². The number of ether oxygens (including phenoxy) is 1. The topological polar surface area (TPSA) is 49.9 Å². The molecule has 0 aromatic heterocycles. The van der Waals surface area contributed by atoms with Gasteiger partial charge in [-0.2, -0.15) is 0 Å². The molecule has 0 N–H and O–H groups in total. The number of benzene rings is 1. The van der Waals surface area contributed by atoms with Crippen LogP contribution in [0.15, 0.2) is 24.3 Å². The zero-order valence-corrected chi connectivity index (χ0v) is 12.1. The van der Waals surface area contributed by atoms with E-state index < -0.39 is 0 Å². The van der Waals surface area contributed by atoms with Crippen molar-refractivity contribution in [2.24, 2.45) is 0 Å². The fraction of sp³-hybridized carbons (Fsp3) is 0.467. The van der Waals surface area contributed by atoms with Crippen molar-refractivity contribution in [3.05, 3.63) is 29.8 Å². The Labute approximate surface area is 119 Å². The lowest BCUT2D eigenvalue weighted by molar-refractivity contribution is -0.149. The molecule has 2 amide bonds. The van der Waals surface area contributed by atoms with Gasteiger partial charge in [0.05, 0.1) is 13.5 Å². The van der Waals surface area contributed by atoms with Gasteiger partial charge in [0, 0.05) is 20.1 Å². The molecule has 1 aliphatic heterocycles. The van der Waals surface area contributed by atoms with Gasteiger partial charge in [0.15, 0.2) is 0 Å². The second-order valence-electron chi connectivity index (χ2n) is 5.05. The molecule has 1 unspecified atom stereocenters. The van der Waals surface area contributed by atoms with Gasteiger partial charge in [-0.3, -0.25) is 9.59 Å². The summed E-state index contributed by atoms with van der Waals surface area (Å²) >= 11 is 0. The van der Waals surface area contributed by atoms with Gasteiger partial charge >= 0.3 is 0 Å². The van der Waals surface area contributed by atoms with E-state index in [1.165, 1.54) is 0 Å². The Morgan fingerprint density at radius 2 is 2.15 bits per heavy atom. The lowest BCUT2D eigenvalue weighted by Gasteiger charge is -2.37. The minimum Gasteiger partial charge on any atom is -0.497 e. The van der Waals surface area contributed by atoms with Crippen LogP contribution in [0.5, 0.6) is 5.75 Å². The molecule has 5 heteroatoms. The van der Waals surface area contributed by atoms with E-state index in [-0.39, 0.29) is 17.9 Å². The molecule has 1 atom stereocenters. The number of hydrogen-bond donors (Lipinski definition) is 0. The maximum Gasteiger partial charge on any atom is 0.244 e. The van der Waals surface area contributed by atoms with E-state index in [0.29, 0.717) is 19.5 Å². The Kier molecular flexibility index (Phi) is 4.27. The molecule has 0 spiro atoms. The highest BCUT2D eigenvalue weighted by Gasteiger charge is 2.32. The Hall–Kier alpha value is -2.04. The number of methoxy groups -OCH3 is 1. The number of piperazine rings is 1. The summed E-state index contributed by atoms with van der Waals surface area (Å²) in [4.78, 5) is 27.6. The molecule has 0 aliphatic carbocycles. The summed E-state index contributed by atoms with van der Waals surface area (Å²) in [6, 6.07) is 7.06. The first kappa shape index (κ1) is 14.4. The predicted octanol–water partition coefficient (Wildman–Crippen LogP) is 0.927. The van der Waals surface area contributed by atoms with Gasteiger partial charge in [0.1, 0.15) is 11.8 Å². The Bertz CT molecular complexity index is 516. The van der Waals surface area contributed by atoms with E-state index in [0.717, 1.165) is 11.3 Å². The fourth-order valence-corrected chi connectivity index (χ4v) is 2.41. The Balaban J connectivity index is 2.06. The summed E-state index contributed by atoms with van der Waals surface area (Å²) in [6.07, 6.45) is 0.290. The zero-order valence-electron chi connectivity index (χ0n) is 12.1. The fourth-order valence-electron chi connectivity index (χ4n) is 2.41. The molecular weight excluding hydrogens is 256 g/mol. The predicted molar refractivity (Wildman–Crippen MR) is 75.5 cm³/mol. The van der Waals surface area contributed by atoms with Crippen molar-refractivity contribution in [3.8, 4) is 5.75 Å². The summed E-state index contributed by atoms with van der Waals surface area (Å²) in [5, 5.41) is 0. The Morgan fingerprint density at radius 3 is 2.85 bits per heavy atom. The molecular formula is C15H20N2O3. The first-order chi connectivity index (χ1) is 9.52. The van der Waals surface area contributed by atoms with Crippen LogP contribution in [0.3, 0.4) is 0 Å². The number of nitrogens with zero attached hydrogens (tertiary/aromatic N) is 2. The SMILES string of the molecule is COc1cccc(CC(=O)N2CCN(C)C(=O)C2C)c1. The summed E-state index contributed by atoms with van der Waals surface area (Å²) in [7, 11) is 3.37. The number of carbonyl (C=O) groups is 2. The lowest BCUT2D eigenvalue weighted by atomic mass is 10.1. The van der Waals surface area contributed by atoms with E-state index in [2.05, 4.69) is 0 Å². The van der Waals surface area contributed by atoms with Gasteiger partial charge < -0.3 is 14.5 Å². The van der Waals surface area contributed by atoms with Crippen LogP contribution >= 0.6 is 0 Å². The van der Waals surface area contributed by atoms with Crippen molar-refractivity contribution in [1.82, 2.24) is 9.80 Å². The van der Waals surface area contributed by atoms with Gasteiger partial charge in [0.2, 0.25) is 11.8 Å². The third-order valence-electron chi connectivity index (χ3n) is 3.69. The molecule has 20 heavy (non-hydrogen) atoms. The first-order valence-electron chi connectivity index (χ1n) is 6.70. The van der Waals surface area contributed by atoms with Crippen molar-refractivity contribution in [2.45, 2.75) is 19.4 Å². The standard InChI is InChI=1S/C15H20N2O3/c1-11-15(19)16(2)7-8-17(11)14(18)10-12-5-4-6-13(9-12)20-3/h4-6,9,11H,7-8,10H2,1-3H3. The monoisotopic (exact) mass is 276 g/mol. The highest BCUT2D eigenvalue weighted by Crippen LogP contribution is 2.16. The summed E-state index contributed by atoms with van der Waals surface area (Å²) in [6.45, 7) is 2.96. The molecule has 108 valence electrons. The molecule has 1 aromatic carbocycles. The normalized spacial score (nSPS) is 19.1. The molecule has 0 bridgehead atoms. The highest BCUT2D eigenvalue weighted by molar-refractivity contribution is 5.89. The molecule has 1 saturated heterocycles. The quantitative estimate of drug-likeness (QED) is 0.825. The van der Waals surface area contributed by atoms with Crippen molar-refractivity contribution in [3.63, 3.8) is 0 Å². The van der Waals surface area contributed by atoms with Crippen LogP contribution in [0.25, 0.3) is 0 Å². The molecule has 1 aromatic rings. The minimum absolute atomic E-state index is 0.00441. The lowest BCUT2D eigenvalue weighted by Crippen LogP contribution is -2.56. The van der Waals surface area contributed by atoms with E-state index in [1.54, 1.807) is 30.9 Å². The van der Waals surface area contributed by atoms with Crippen LogP contribution < -0.4 is 4.74 Å². The molecule has 1 fully saturated rings. The molecule has 0 saturated carbocycles. The molecule has 1 aliphatic rings. The average Bonchev–Trinajstić information content (AvgIpc) is 2.45. The second-order valence-corrected chi connectivity index (χ2v) is 5.05. The van der Waals surface area contributed by atoms with Crippen molar-refractivity contribution < 1.29 is 14.3 Å². The summed E-state index contributed by atoms with van der Waals surface area (Å²) in [5.74, 6) is 0.709. The van der Waals surface area contributed by atoms with Crippen molar-refractivity contribution in [1.29, 1.82) is 0 Å². The van der Waals surface area contributed by atoms with Crippen LogP contribution in [-0.2, 0) is 16.0 Å². The van der Waals surface area contributed by atoms with Crippen LogP contribution in [0.2, 0.25) is 0 Å². The van der Waals surface area contributed by atoms with Crippen LogP contribution in [0.4, 0.5) is 0 Å². The number of carbonyl (C=O) groups excluding carboxylic acids is 2. The largest absolute Gasteiger partial charge is 0.497 e. The summed E-state index contributed by atoms with van der Waals surface area (Å²) in [5.41, 5.74) is 0.896. The number of rotatable bonds is 3. The second kappa shape index (κ2) is 5.94. The van der Waals surface area contributed by atoms with Crippen molar-refractivity contribution in [2.75, 3.05) is 27.2 Å². The van der Waals surface area contributed by atoms with Gasteiger partial charge in [-0.05, 0) is 24.6 Å². The smallest absolute Gasteiger partial charge is 0.244 e. The van der Waals surface area contributed by atoms with Crippen LogP contribution in [0, 0.1) is 0 Å². The molecule has 2 rings (SSSR count). The summed E-state index contributed by atoms with van der Waals surface area (Å²) < 4.78 is 5.15. The van der Waals surface area contributed by atoms with Crippen molar-refractivity contribution >= 4 is 11.8 Å². The van der Waals surface area contributed by atoms with Crippen LogP contribution in [0.1, 0.15) is 12.5 Å². The van der Waals surface area contributed by atoms with E-state index in [4.69, 9.17) is 4.74 Å². The average molecular weight is 276 g/mol. The molecule has 0 radical (unpaired) electrons. The molecule has 5 nitrogen and oxygen atoms in total.